The van der Waals surface area contributed by atoms with Crippen molar-refractivity contribution in [2.75, 3.05) is 6.54 Å². The van der Waals surface area contributed by atoms with Crippen molar-refractivity contribution in [3.05, 3.63) is 58.1 Å². The van der Waals surface area contributed by atoms with Gasteiger partial charge in [0.15, 0.2) is 0 Å². The highest BCUT2D eigenvalue weighted by Gasteiger charge is 2.21. The highest BCUT2D eigenvalue weighted by molar-refractivity contribution is 7.10. The normalized spacial score (nSPS) is 13.8. The van der Waals surface area contributed by atoms with Crippen LogP contribution in [0.25, 0.3) is 11.5 Å². The van der Waals surface area contributed by atoms with E-state index in [1.807, 2.05) is 35.2 Å². The Bertz CT molecular complexity index is 841. The van der Waals surface area contributed by atoms with Gasteiger partial charge in [-0.15, -0.1) is 21.5 Å². The summed E-state index contributed by atoms with van der Waals surface area (Å²) in [5.41, 5.74) is 2.17. The standard InChI is InChI=1S/C18H17N3O2S/c22-17(21-10-8-15-14(12-21)9-11-24-15)7-6-16-19-20-18(23-16)13-4-2-1-3-5-13/h1-5,9,11H,6-8,10,12H2. The zero-order valence-corrected chi connectivity index (χ0v) is 14.0. The first-order valence-electron chi connectivity index (χ1n) is 8.00. The van der Waals surface area contributed by atoms with Crippen LogP contribution in [0.15, 0.2) is 46.2 Å². The van der Waals surface area contributed by atoms with Crippen LogP contribution in [-0.4, -0.2) is 27.5 Å². The van der Waals surface area contributed by atoms with E-state index in [2.05, 4.69) is 21.6 Å². The third-order valence-electron chi connectivity index (χ3n) is 4.20. The molecule has 0 fully saturated rings. The molecule has 0 N–H and O–H groups in total. The minimum atomic E-state index is 0.145. The molecule has 3 heterocycles. The molecule has 6 heteroatoms. The van der Waals surface area contributed by atoms with Crippen LogP contribution in [0, 0.1) is 0 Å². The van der Waals surface area contributed by atoms with E-state index in [0.717, 1.165) is 25.1 Å². The van der Waals surface area contributed by atoms with Crippen LogP contribution in [0.4, 0.5) is 0 Å². The number of hydrogen-bond donors (Lipinski definition) is 0. The lowest BCUT2D eigenvalue weighted by molar-refractivity contribution is -0.132. The van der Waals surface area contributed by atoms with Gasteiger partial charge in [-0.2, -0.15) is 0 Å². The Balaban J connectivity index is 1.36. The molecule has 0 saturated heterocycles. The van der Waals surface area contributed by atoms with Crippen molar-refractivity contribution in [2.24, 2.45) is 0 Å². The zero-order valence-electron chi connectivity index (χ0n) is 13.1. The van der Waals surface area contributed by atoms with Gasteiger partial charge in [0.1, 0.15) is 0 Å². The fourth-order valence-electron chi connectivity index (χ4n) is 2.89. The van der Waals surface area contributed by atoms with E-state index < -0.39 is 0 Å². The summed E-state index contributed by atoms with van der Waals surface area (Å²) in [5.74, 6) is 1.15. The smallest absolute Gasteiger partial charge is 0.247 e. The number of amides is 1. The second-order valence-corrected chi connectivity index (χ2v) is 6.80. The lowest BCUT2D eigenvalue weighted by atomic mass is 10.1. The molecular formula is C18H17N3O2S. The van der Waals surface area contributed by atoms with Crippen LogP contribution < -0.4 is 0 Å². The molecular weight excluding hydrogens is 322 g/mol. The number of fused-ring (bicyclic) bond motifs is 1. The molecule has 0 bridgehead atoms. The molecule has 1 aromatic carbocycles. The lowest BCUT2D eigenvalue weighted by Crippen LogP contribution is -2.35. The highest BCUT2D eigenvalue weighted by Crippen LogP contribution is 2.24. The summed E-state index contributed by atoms with van der Waals surface area (Å²) in [6.07, 6.45) is 1.83. The van der Waals surface area contributed by atoms with Gasteiger partial charge >= 0.3 is 0 Å². The zero-order chi connectivity index (χ0) is 16.4. The van der Waals surface area contributed by atoms with Crippen LogP contribution in [-0.2, 0) is 24.2 Å². The topological polar surface area (TPSA) is 59.2 Å². The largest absolute Gasteiger partial charge is 0.421 e. The molecule has 122 valence electrons. The molecule has 0 saturated carbocycles. The first-order chi connectivity index (χ1) is 11.8. The number of hydrogen-bond acceptors (Lipinski definition) is 5. The maximum Gasteiger partial charge on any atom is 0.247 e. The van der Waals surface area contributed by atoms with Gasteiger partial charge in [-0.3, -0.25) is 4.79 Å². The summed E-state index contributed by atoms with van der Waals surface area (Å²) in [5, 5.41) is 10.2. The maximum atomic E-state index is 12.4. The monoisotopic (exact) mass is 339 g/mol. The van der Waals surface area contributed by atoms with Crippen LogP contribution >= 0.6 is 11.3 Å². The number of benzene rings is 1. The molecule has 5 nitrogen and oxygen atoms in total. The van der Waals surface area contributed by atoms with Crippen molar-refractivity contribution >= 4 is 17.2 Å². The first kappa shape index (κ1) is 15.1. The molecule has 3 aromatic rings. The van der Waals surface area contributed by atoms with Gasteiger partial charge in [0.05, 0.1) is 0 Å². The molecule has 1 amide bonds. The average molecular weight is 339 g/mol. The van der Waals surface area contributed by atoms with Crippen molar-refractivity contribution in [3.8, 4) is 11.5 Å². The number of aromatic nitrogens is 2. The van der Waals surface area contributed by atoms with Crippen molar-refractivity contribution in [3.63, 3.8) is 0 Å². The van der Waals surface area contributed by atoms with E-state index in [0.29, 0.717) is 24.6 Å². The van der Waals surface area contributed by atoms with Crippen LogP contribution in [0.3, 0.4) is 0 Å². The Morgan fingerprint density at radius 1 is 1.21 bits per heavy atom. The Morgan fingerprint density at radius 3 is 2.96 bits per heavy atom. The Hall–Kier alpha value is -2.47. The molecule has 1 aliphatic heterocycles. The van der Waals surface area contributed by atoms with Gasteiger partial charge in [0.2, 0.25) is 17.7 Å². The SMILES string of the molecule is O=C(CCc1nnc(-c2ccccc2)o1)N1CCc2sccc2C1. The molecule has 2 aromatic heterocycles. The fourth-order valence-corrected chi connectivity index (χ4v) is 3.78. The maximum absolute atomic E-state index is 12.4. The van der Waals surface area contributed by atoms with Crippen LogP contribution in [0.5, 0.6) is 0 Å². The van der Waals surface area contributed by atoms with Gasteiger partial charge in [-0.25, -0.2) is 0 Å². The van der Waals surface area contributed by atoms with Crippen molar-refractivity contribution in [1.29, 1.82) is 0 Å². The number of rotatable bonds is 4. The molecule has 24 heavy (non-hydrogen) atoms. The van der Waals surface area contributed by atoms with Crippen molar-refractivity contribution in [1.82, 2.24) is 15.1 Å². The second kappa shape index (κ2) is 6.57. The molecule has 4 rings (SSSR count). The van der Waals surface area contributed by atoms with E-state index in [1.165, 1.54) is 10.4 Å². The Kier molecular flexibility index (Phi) is 4.13. The molecule has 0 atom stereocenters. The molecule has 1 aliphatic rings. The summed E-state index contributed by atoms with van der Waals surface area (Å²) in [6, 6.07) is 11.8. The average Bonchev–Trinajstić information content (AvgIpc) is 3.29. The molecule has 0 unspecified atom stereocenters. The third kappa shape index (κ3) is 3.10. The van der Waals surface area contributed by atoms with E-state index in [9.17, 15) is 4.79 Å². The number of aryl methyl sites for hydroxylation is 1. The predicted molar refractivity (Wildman–Crippen MR) is 91.5 cm³/mol. The minimum absolute atomic E-state index is 0.145. The number of carbonyl (C=O) groups excluding carboxylic acids is 1. The molecule has 0 radical (unpaired) electrons. The van der Waals surface area contributed by atoms with Crippen LogP contribution in [0.1, 0.15) is 22.8 Å². The minimum Gasteiger partial charge on any atom is -0.421 e. The number of carbonyl (C=O) groups is 1. The van der Waals surface area contributed by atoms with Gasteiger partial charge in [-0.1, -0.05) is 18.2 Å². The Morgan fingerprint density at radius 2 is 2.08 bits per heavy atom. The van der Waals surface area contributed by atoms with Crippen molar-refractivity contribution < 1.29 is 9.21 Å². The summed E-state index contributed by atoms with van der Waals surface area (Å²) < 4.78 is 5.66. The first-order valence-corrected chi connectivity index (χ1v) is 8.88. The summed E-state index contributed by atoms with van der Waals surface area (Å²) in [4.78, 5) is 15.7. The van der Waals surface area contributed by atoms with Crippen LogP contribution in [0.2, 0.25) is 0 Å². The van der Waals surface area contributed by atoms with Gasteiger partial charge in [-0.05, 0) is 35.6 Å². The fraction of sp³-hybridized carbons (Fsp3) is 0.278. The van der Waals surface area contributed by atoms with E-state index in [-0.39, 0.29) is 5.91 Å². The quantitative estimate of drug-likeness (QED) is 0.732. The summed E-state index contributed by atoms with van der Waals surface area (Å²) in [7, 11) is 0. The van der Waals surface area contributed by atoms with Gasteiger partial charge in [0, 0.05) is 36.4 Å². The Labute approximate surface area is 143 Å². The molecule has 0 spiro atoms. The lowest BCUT2D eigenvalue weighted by Gasteiger charge is -2.26. The van der Waals surface area contributed by atoms with Gasteiger partial charge < -0.3 is 9.32 Å². The van der Waals surface area contributed by atoms with E-state index >= 15 is 0 Å². The summed E-state index contributed by atoms with van der Waals surface area (Å²) in [6.45, 7) is 1.52. The highest BCUT2D eigenvalue weighted by atomic mass is 32.1. The number of thiophene rings is 1. The second-order valence-electron chi connectivity index (χ2n) is 5.80. The summed E-state index contributed by atoms with van der Waals surface area (Å²) >= 11 is 1.78. The van der Waals surface area contributed by atoms with Crippen molar-refractivity contribution in [2.45, 2.75) is 25.8 Å². The number of nitrogens with zero attached hydrogens (tertiary/aromatic N) is 3. The molecule has 0 aliphatic carbocycles. The van der Waals surface area contributed by atoms with Gasteiger partial charge in [0.25, 0.3) is 0 Å². The third-order valence-corrected chi connectivity index (χ3v) is 5.22. The predicted octanol–water partition coefficient (Wildman–Crippen LogP) is 3.32. The van der Waals surface area contributed by atoms with E-state index in [1.54, 1.807) is 11.3 Å². The van der Waals surface area contributed by atoms with E-state index in [4.69, 9.17) is 4.42 Å².